The number of carbonyl (C=O) groups excluding carboxylic acids is 2. The predicted molar refractivity (Wildman–Crippen MR) is 130 cm³/mol. The highest BCUT2D eigenvalue weighted by molar-refractivity contribution is 7.99. The standard InChI is InChI=1S/C26H38N2O3S/c1-16(29)27-19-10-11-22-21(12-19)25-23(28-26(22,3)4)13-20(14-24(25)31-17(2)30)32-15-18-8-6-5-7-9-18/h13-14,18-19,21-22,28H,5-12,15H2,1-4H3,(H,27,29)/t19?,21-,22-/m1/s1. The molecule has 32 heavy (non-hydrogen) atoms. The first-order valence-corrected chi connectivity index (χ1v) is 13.3. The Hall–Kier alpha value is -1.69. The zero-order valence-corrected chi connectivity index (χ0v) is 20.8. The molecule has 5 nitrogen and oxygen atoms in total. The average molecular weight is 459 g/mol. The van der Waals surface area contributed by atoms with E-state index in [4.69, 9.17) is 4.74 Å². The predicted octanol–water partition coefficient (Wildman–Crippen LogP) is 5.88. The second-order valence-corrected chi connectivity index (χ2v) is 11.7. The van der Waals surface area contributed by atoms with Gasteiger partial charge in [-0.25, -0.2) is 0 Å². The van der Waals surface area contributed by atoms with E-state index >= 15 is 0 Å². The third kappa shape index (κ3) is 5.27. The fraction of sp³-hybridized carbons (Fsp3) is 0.692. The van der Waals surface area contributed by atoms with Gasteiger partial charge in [0.2, 0.25) is 5.91 Å². The minimum Gasteiger partial charge on any atom is -0.426 e. The lowest BCUT2D eigenvalue weighted by molar-refractivity contribution is -0.132. The lowest BCUT2D eigenvalue weighted by Crippen LogP contribution is -2.51. The lowest BCUT2D eigenvalue weighted by Gasteiger charge is -2.50. The number of anilines is 1. The van der Waals surface area contributed by atoms with E-state index in [0.29, 0.717) is 11.7 Å². The van der Waals surface area contributed by atoms with Crippen LogP contribution in [-0.2, 0) is 9.59 Å². The SMILES string of the molecule is CC(=O)NC1CC[C@@H]2[C@@H](C1)c1c(cc(SCC3CCCCC3)cc1OC(C)=O)NC2(C)C. The van der Waals surface area contributed by atoms with Crippen LogP contribution in [0.2, 0.25) is 0 Å². The van der Waals surface area contributed by atoms with E-state index in [2.05, 4.69) is 36.6 Å². The summed E-state index contributed by atoms with van der Waals surface area (Å²) in [6.45, 7) is 7.62. The highest BCUT2D eigenvalue weighted by Gasteiger charge is 2.46. The molecular weight excluding hydrogens is 420 g/mol. The molecule has 1 aliphatic heterocycles. The molecule has 3 aliphatic rings. The van der Waals surface area contributed by atoms with Crippen LogP contribution in [0.1, 0.15) is 90.5 Å². The van der Waals surface area contributed by atoms with E-state index in [-0.39, 0.29) is 29.4 Å². The molecule has 0 radical (unpaired) electrons. The summed E-state index contributed by atoms with van der Waals surface area (Å²) in [5.74, 6) is 3.02. The van der Waals surface area contributed by atoms with Crippen molar-refractivity contribution in [1.82, 2.24) is 5.32 Å². The Morgan fingerprint density at radius 2 is 1.88 bits per heavy atom. The first-order valence-electron chi connectivity index (χ1n) is 12.3. The zero-order chi connectivity index (χ0) is 22.9. The Bertz CT molecular complexity index is 863. The maximum absolute atomic E-state index is 12.0. The van der Waals surface area contributed by atoms with Crippen LogP contribution < -0.4 is 15.4 Å². The van der Waals surface area contributed by atoms with E-state index in [1.165, 1.54) is 43.9 Å². The lowest BCUT2D eigenvalue weighted by atomic mass is 9.63. The van der Waals surface area contributed by atoms with Crippen molar-refractivity contribution >= 4 is 29.3 Å². The summed E-state index contributed by atoms with van der Waals surface area (Å²) < 4.78 is 5.80. The van der Waals surface area contributed by atoms with Crippen LogP contribution in [0.5, 0.6) is 5.75 Å². The van der Waals surface area contributed by atoms with Crippen LogP contribution in [0.15, 0.2) is 17.0 Å². The summed E-state index contributed by atoms with van der Waals surface area (Å²) in [4.78, 5) is 24.9. The minimum absolute atomic E-state index is 0.0246. The minimum atomic E-state index is -0.280. The van der Waals surface area contributed by atoms with Crippen LogP contribution in [-0.4, -0.2) is 29.2 Å². The molecule has 6 heteroatoms. The number of fused-ring (bicyclic) bond motifs is 3. The molecule has 4 rings (SSSR count). The van der Waals surface area contributed by atoms with Crippen molar-refractivity contribution in [2.75, 3.05) is 11.1 Å². The van der Waals surface area contributed by atoms with Crippen molar-refractivity contribution in [1.29, 1.82) is 0 Å². The third-order valence-electron chi connectivity index (χ3n) is 7.59. The van der Waals surface area contributed by atoms with Crippen molar-refractivity contribution in [2.45, 2.75) is 101 Å². The quantitative estimate of drug-likeness (QED) is 0.328. The van der Waals surface area contributed by atoms with Gasteiger partial charge in [0.15, 0.2) is 0 Å². The molecule has 1 heterocycles. The van der Waals surface area contributed by atoms with Gasteiger partial charge < -0.3 is 15.4 Å². The van der Waals surface area contributed by atoms with Gasteiger partial charge in [-0.2, -0.15) is 0 Å². The number of esters is 1. The summed E-state index contributed by atoms with van der Waals surface area (Å²) in [5, 5.41) is 6.92. The number of rotatable bonds is 5. The van der Waals surface area contributed by atoms with Gasteiger partial charge in [-0.15, -0.1) is 11.8 Å². The normalized spacial score (nSPS) is 26.9. The van der Waals surface area contributed by atoms with Gasteiger partial charge >= 0.3 is 5.97 Å². The highest BCUT2D eigenvalue weighted by Crippen LogP contribution is 2.54. The second kappa shape index (κ2) is 9.66. The van der Waals surface area contributed by atoms with Gasteiger partial charge in [0, 0.05) is 47.3 Å². The summed E-state index contributed by atoms with van der Waals surface area (Å²) in [6.07, 6.45) is 9.63. The number of benzene rings is 1. The fourth-order valence-electron chi connectivity index (χ4n) is 6.19. The molecule has 176 valence electrons. The van der Waals surface area contributed by atoms with E-state index in [1.807, 2.05) is 11.8 Å². The Morgan fingerprint density at radius 3 is 2.56 bits per heavy atom. The Morgan fingerprint density at radius 1 is 1.12 bits per heavy atom. The molecule has 2 fully saturated rings. The maximum Gasteiger partial charge on any atom is 0.308 e. The molecule has 0 saturated heterocycles. The number of amides is 1. The number of nitrogens with one attached hydrogen (secondary N) is 2. The fourth-order valence-corrected chi connectivity index (χ4v) is 7.34. The van der Waals surface area contributed by atoms with Crippen LogP contribution in [0, 0.1) is 11.8 Å². The van der Waals surface area contributed by atoms with Gasteiger partial charge in [-0.3, -0.25) is 9.59 Å². The molecule has 1 aromatic carbocycles. The molecule has 0 spiro atoms. The molecule has 2 saturated carbocycles. The summed E-state index contributed by atoms with van der Waals surface area (Å²) in [5.41, 5.74) is 2.14. The number of carbonyl (C=O) groups is 2. The number of hydrogen-bond donors (Lipinski definition) is 2. The van der Waals surface area contributed by atoms with Crippen molar-refractivity contribution in [3.8, 4) is 5.75 Å². The summed E-state index contributed by atoms with van der Waals surface area (Å²) in [7, 11) is 0. The van der Waals surface area contributed by atoms with E-state index in [0.717, 1.165) is 42.2 Å². The smallest absolute Gasteiger partial charge is 0.308 e. The average Bonchev–Trinajstić information content (AvgIpc) is 2.71. The first-order chi connectivity index (χ1) is 15.2. The topological polar surface area (TPSA) is 67.4 Å². The van der Waals surface area contributed by atoms with Gasteiger partial charge in [-0.05, 0) is 75.8 Å². The summed E-state index contributed by atoms with van der Waals surface area (Å²) in [6, 6.07) is 4.50. The van der Waals surface area contributed by atoms with E-state index in [1.54, 1.807) is 6.92 Å². The van der Waals surface area contributed by atoms with Gasteiger partial charge in [0.25, 0.3) is 0 Å². The van der Waals surface area contributed by atoms with Crippen molar-refractivity contribution in [2.24, 2.45) is 11.8 Å². The molecule has 2 aliphatic carbocycles. The first kappa shape index (κ1) is 23.5. The molecule has 1 aromatic rings. The molecule has 1 unspecified atom stereocenters. The Kier molecular flexibility index (Phi) is 7.09. The molecule has 1 amide bonds. The second-order valence-electron chi connectivity index (χ2n) is 10.6. The Balaban J connectivity index is 1.65. The zero-order valence-electron chi connectivity index (χ0n) is 20.0. The largest absolute Gasteiger partial charge is 0.426 e. The Labute approximate surface area is 196 Å². The maximum atomic E-state index is 12.0. The monoisotopic (exact) mass is 458 g/mol. The van der Waals surface area contributed by atoms with Gasteiger partial charge in [0.05, 0.1) is 0 Å². The van der Waals surface area contributed by atoms with Gasteiger partial charge in [0.1, 0.15) is 5.75 Å². The number of thioether (sulfide) groups is 1. The molecule has 0 bridgehead atoms. The number of hydrogen-bond acceptors (Lipinski definition) is 5. The number of ether oxygens (including phenoxy) is 1. The summed E-state index contributed by atoms with van der Waals surface area (Å²) >= 11 is 1.89. The molecular formula is C26H38N2O3S. The molecule has 2 N–H and O–H groups in total. The van der Waals surface area contributed by atoms with Crippen LogP contribution in [0.25, 0.3) is 0 Å². The van der Waals surface area contributed by atoms with Gasteiger partial charge in [-0.1, -0.05) is 19.3 Å². The van der Waals surface area contributed by atoms with E-state index in [9.17, 15) is 9.59 Å². The van der Waals surface area contributed by atoms with Crippen molar-refractivity contribution in [3.63, 3.8) is 0 Å². The van der Waals surface area contributed by atoms with Crippen LogP contribution in [0.4, 0.5) is 5.69 Å². The van der Waals surface area contributed by atoms with Crippen LogP contribution >= 0.6 is 11.8 Å². The van der Waals surface area contributed by atoms with Crippen molar-refractivity contribution in [3.05, 3.63) is 17.7 Å². The van der Waals surface area contributed by atoms with Crippen molar-refractivity contribution < 1.29 is 14.3 Å². The highest BCUT2D eigenvalue weighted by atomic mass is 32.2. The molecule has 0 aromatic heterocycles. The van der Waals surface area contributed by atoms with E-state index < -0.39 is 0 Å². The van der Waals surface area contributed by atoms with Crippen LogP contribution in [0.3, 0.4) is 0 Å². The third-order valence-corrected chi connectivity index (χ3v) is 8.80. The molecule has 3 atom stereocenters.